The zero-order chi connectivity index (χ0) is 18.7. The van der Waals surface area contributed by atoms with Gasteiger partial charge in [-0.1, -0.05) is 23.8 Å². The largest absolute Gasteiger partial charge is 0.457 e. The Morgan fingerprint density at radius 1 is 1.31 bits per heavy atom. The van der Waals surface area contributed by atoms with Gasteiger partial charge in [-0.05, 0) is 25.8 Å². The molecule has 0 radical (unpaired) electrons. The highest BCUT2D eigenvalue weighted by atomic mass is 32.1. The molecule has 1 aromatic heterocycles. The van der Waals surface area contributed by atoms with Crippen LogP contribution in [0.5, 0.6) is 0 Å². The van der Waals surface area contributed by atoms with Crippen LogP contribution in [0.3, 0.4) is 0 Å². The van der Waals surface area contributed by atoms with E-state index in [1.807, 2.05) is 26.0 Å². The maximum Gasteiger partial charge on any atom is 0.312 e. The van der Waals surface area contributed by atoms with Gasteiger partial charge in [0.1, 0.15) is 0 Å². The molecule has 0 N–H and O–H groups in total. The first-order valence-corrected chi connectivity index (χ1v) is 9.33. The number of carbonyl (C=O) groups is 3. The number of ether oxygens (including phenoxy) is 1. The summed E-state index contributed by atoms with van der Waals surface area (Å²) in [5.74, 6) is -0.669. The molecule has 0 atom stereocenters. The molecule has 1 aliphatic heterocycles. The van der Waals surface area contributed by atoms with E-state index >= 15 is 0 Å². The van der Waals surface area contributed by atoms with Crippen molar-refractivity contribution in [2.75, 3.05) is 18.1 Å². The summed E-state index contributed by atoms with van der Waals surface area (Å²) >= 11 is 1.34. The summed E-state index contributed by atoms with van der Waals surface area (Å²) in [6, 6.07) is 5.53. The van der Waals surface area contributed by atoms with Crippen molar-refractivity contribution in [3.63, 3.8) is 0 Å². The number of Topliss-reactive ketones (excluding diaryl/α,β-unsaturated/α-hetero) is 1. The third kappa shape index (κ3) is 4.16. The van der Waals surface area contributed by atoms with Gasteiger partial charge in [0.05, 0.1) is 12.1 Å². The molecule has 6 nitrogen and oxygen atoms in total. The van der Waals surface area contributed by atoms with Crippen LogP contribution in [0.15, 0.2) is 23.6 Å². The number of thiazole rings is 1. The van der Waals surface area contributed by atoms with E-state index < -0.39 is 5.97 Å². The zero-order valence-electron chi connectivity index (χ0n) is 14.8. The second-order valence-electron chi connectivity index (χ2n) is 6.35. The number of aryl methyl sites for hydroxylation is 2. The average molecular weight is 372 g/mol. The lowest BCUT2D eigenvalue weighted by atomic mass is 10.0. The molecule has 0 aliphatic carbocycles. The number of anilines is 1. The van der Waals surface area contributed by atoms with Gasteiger partial charge < -0.3 is 4.74 Å². The van der Waals surface area contributed by atoms with Gasteiger partial charge >= 0.3 is 5.97 Å². The van der Waals surface area contributed by atoms with Crippen molar-refractivity contribution in [2.45, 2.75) is 33.1 Å². The van der Waals surface area contributed by atoms with Gasteiger partial charge in [0.15, 0.2) is 11.7 Å². The molecule has 1 amide bonds. The van der Waals surface area contributed by atoms with E-state index in [0.717, 1.165) is 17.5 Å². The van der Waals surface area contributed by atoms with Crippen LogP contribution < -0.4 is 4.90 Å². The van der Waals surface area contributed by atoms with Gasteiger partial charge in [0.25, 0.3) is 0 Å². The van der Waals surface area contributed by atoms with Crippen LogP contribution in [-0.4, -0.2) is 35.8 Å². The zero-order valence-corrected chi connectivity index (χ0v) is 15.6. The molecule has 0 spiro atoms. The highest BCUT2D eigenvalue weighted by Gasteiger charge is 2.24. The third-order valence-electron chi connectivity index (χ3n) is 4.22. The van der Waals surface area contributed by atoms with E-state index in [2.05, 4.69) is 4.98 Å². The number of rotatable bonds is 6. The summed E-state index contributed by atoms with van der Waals surface area (Å²) in [6.07, 6.45) is 1.35. The minimum Gasteiger partial charge on any atom is -0.457 e. The second-order valence-corrected chi connectivity index (χ2v) is 7.19. The van der Waals surface area contributed by atoms with Crippen LogP contribution in [0, 0.1) is 13.8 Å². The first-order valence-electron chi connectivity index (χ1n) is 8.45. The summed E-state index contributed by atoms with van der Waals surface area (Å²) < 4.78 is 5.10. The Hall–Kier alpha value is -2.54. The van der Waals surface area contributed by atoms with E-state index in [1.54, 1.807) is 16.3 Å². The van der Waals surface area contributed by atoms with Crippen molar-refractivity contribution < 1.29 is 19.1 Å². The number of hydrogen-bond donors (Lipinski definition) is 0. The number of esters is 1. The highest BCUT2D eigenvalue weighted by molar-refractivity contribution is 7.14. The number of amides is 1. The van der Waals surface area contributed by atoms with Crippen molar-refractivity contribution in [2.24, 2.45) is 0 Å². The third-order valence-corrected chi connectivity index (χ3v) is 5.13. The van der Waals surface area contributed by atoms with Crippen LogP contribution in [0.25, 0.3) is 0 Å². The Balaban J connectivity index is 1.53. The SMILES string of the molecule is Cc1ccc(C(=O)COC(=O)Cc2csc(N3CCCC3=O)n2)c(C)c1. The summed E-state index contributed by atoms with van der Waals surface area (Å²) in [5, 5.41) is 2.36. The van der Waals surface area contributed by atoms with E-state index in [0.29, 0.717) is 29.4 Å². The number of hydrogen-bond acceptors (Lipinski definition) is 6. The van der Waals surface area contributed by atoms with Crippen molar-refractivity contribution in [1.29, 1.82) is 0 Å². The molecule has 3 rings (SSSR count). The number of nitrogens with zero attached hydrogens (tertiary/aromatic N) is 2. The van der Waals surface area contributed by atoms with Crippen LogP contribution in [0.4, 0.5) is 5.13 Å². The molecule has 136 valence electrons. The smallest absolute Gasteiger partial charge is 0.312 e. The first kappa shape index (κ1) is 18.3. The van der Waals surface area contributed by atoms with Crippen molar-refractivity contribution in [3.05, 3.63) is 46.0 Å². The lowest BCUT2D eigenvalue weighted by molar-refractivity contribution is -0.141. The van der Waals surface area contributed by atoms with E-state index in [-0.39, 0.29) is 24.7 Å². The van der Waals surface area contributed by atoms with Crippen LogP contribution >= 0.6 is 11.3 Å². The number of carbonyl (C=O) groups excluding carboxylic acids is 3. The first-order chi connectivity index (χ1) is 12.4. The Morgan fingerprint density at radius 2 is 2.12 bits per heavy atom. The Labute approximate surface area is 155 Å². The predicted octanol–water partition coefficient (Wildman–Crippen LogP) is 2.86. The maximum absolute atomic E-state index is 12.2. The fourth-order valence-electron chi connectivity index (χ4n) is 2.90. The fourth-order valence-corrected chi connectivity index (χ4v) is 3.77. The molecule has 2 aromatic rings. The van der Waals surface area contributed by atoms with Crippen molar-refractivity contribution in [1.82, 2.24) is 4.98 Å². The van der Waals surface area contributed by atoms with Gasteiger partial charge in [-0.15, -0.1) is 11.3 Å². The molecule has 1 fully saturated rings. The summed E-state index contributed by atoms with van der Waals surface area (Å²) in [5.41, 5.74) is 3.05. The van der Waals surface area contributed by atoms with Gasteiger partial charge in [-0.3, -0.25) is 19.3 Å². The summed E-state index contributed by atoms with van der Waals surface area (Å²) in [7, 11) is 0. The molecule has 1 aliphatic rings. The number of benzene rings is 1. The minimum atomic E-state index is -0.507. The number of ketones is 1. The fraction of sp³-hybridized carbons (Fsp3) is 0.368. The normalized spacial score (nSPS) is 13.9. The molecular weight excluding hydrogens is 352 g/mol. The van der Waals surface area contributed by atoms with Crippen molar-refractivity contribution >= 4 is 34.1 Å². The van der Waals surface area contributed by atoms with Gasteiger partial charge in [-0.2, -0.15) is 0 Å². The minimum absolute atomic E-state index is 0.0152. The van der Waals surface area contributed by atoms with Crippen LogP contribution in [0.2, 0.25) is 0 Å². The molecular formula is C19H20N2O4S. The molecule has 2 heterocycles. The van der Waals surface area contributed by atoms with E-state index in [4.69, 9.17) is 4.74 Å². The molecule has 0 unspecified atom stereocenters. The van der Waals surface area contributed by atoms with E-state index in [1.165, 1.54) is 11.3 Å². The predicted molar refractivity (Wildman–Crippen MR) is 98.6 cm³/mol. The molecule has 1 saturated heterocycles. The molecule has 1 aromatic carbocycles. The van der Waals surface area contributed by atoms with E-state index in [9.17, 15) is 14.4 Å². The van der Waals surface area contributed by atoms with Crippen molar-refractivity contribution in [3.8, 4) is 0 Å². The maximum atomic E-state index is 12.2. The molecule has 0 saturated carbocycles. The Morgan fingerprint density at radius 3 is 2.81 bits per heavy atom. The summed E-state index contributed by atoms with van der Waals surface area (Å²) in [6.45, 7) is 4.20. The second kappa shape index (κ2) is 7.78. The van der Waals surface area contributed by atoms with Gasteiger partial charge in [-0.25, -0.2) is 4.98 Å². The standard InChI is InChI=1S/C19H20N2O4S/c1-12-5-6-15(13(2)8-12)16(22)10-25-18(24)9-14-11-26-19(20-14)21-7-3-4-17(21)23/h5-6,8,11H,3-4,7,9-10H2,1-2H3. The summed E-state index contributed by atoms with van der Waals surface area (Å²) in [4.78, 5) is 41.9. The Bertz CT molecular complexity index is 859. The quantitative estimate of drug-likeness (QED) is 0.576. The van der Waals surface area contributed by atoms with Gasteiger partial charge in [0.2, 0.25) is 11.7 Å². The average Bonchev–Trinajstić information content (AvgIpc) is 3.21. The molecule has 0 bridgehead atoms. The topological polar surface area (TPSA) is 76.6 Å². The van der Waals surface area contributed by atoms with Gasteiger partial charge in [0, 0.05) is 23.9 Å². The molecule has 26 heavy (non-hydrogen) atoms. The lowest BCUT2D eigenvalue weighted by Crippen LogP contribution is -2.23. The monoisotopic (exact) mass is 372 g/mol. The van der Waals surface area contributed by atoms with Crippen LogP contribution in [-0.2, 0) is 20.7 Å². The molecule has 7 heteroatoms. The number of aromatic nitrogens is 1. The Kier molecular flexibility index (Phi) is 5.46. The highest BCUT2D eigenvalue weighted by Crippen LogP contribution is 2.25. The lowest BCUT2D eigenvalue weighted by Gasteiger charge is -2.10. The van der Waals surface area contributed by atoms with Crippen LogP contribution in [0.1, 0.15) is 40.0 Å².